The average Bonchev–Trinajstić information content (AvgIpc) is 2.06. The molecule has 1 aliphatic rings. The maximum absolute atomic E-state index is 11.1. The van der Waals surface area contributed by atoms with Crippen LogP contribution in [-0.4, -0.2) is 5.91 Å². The first-order chi connectivity index (χ1) is 6.16. The summed E-state index contributed by atoms with van der Waals surface area (Å²) >= 11 is 6.00. The first-order valence-corrected chi connectivity index (χ1v) is 4.63. The van der Waals surface area contributed by atoms with Gasteiger partial charge in [-0.05, 0) is 30.5 Å². The third-order valence-electron chi connectivity index (χ3n) is 2.20. The summed E-state index contributed by atoms with van der Waals surface area (Å²) in [6, 6.07) is 3.94. The summed E-state index contributed by atoms with van der Waals surface area (Å²) in [5.41, 5.74) is 3.08. The van der Waals surface area contributed by atoms with Crippen LogP contribution in [0.1, 0.15) is 17.5 Å². The molecule has 0 atom stereocenters. The molecule has 2 rings (SSSR count). The fourth-order valence-electron chi connectivity index (χ4n) is 1.60. The quantitative estimate of drug-likeness (QED) is 0.677. The van der Waals surface area contributed by atoms with E-state index in [0.717, 1.165) is 23.2 Å². The Labute approximate surface area is 81.9 Å². The Balaban J connectivity index is 2.53. The molecular formula is C10H10ClNO. The molecule has 0 spiro atoms. The molecule has 0 saturated heterocycles. The SMILES string of the molecule is Cc1cc(Cl)c2c(c1)CCC(=O)N2. The number of rotatable bonds is 0. The standard InChI is InChI=1S/C10H10ClNO/c1-6-4-7-2-3-9(13)12-10(7)8(11)5-6/h4-5H,2-3H2,1H3,(H,12,13). The van der Waals surface area contributed by atoms with Crippen LogP contribution in [0.2, 0.25) is 5.02 Å². The number of halogens is 1. The van der Waals surface area contributed by atoms with Crippen LogP contribution in [0, 0.1) is 6.92 Å². The molecule has 0 saturated carbocycles. The summed E-state index contributed by atoms with van der Waals surface area (Å²) in [5, 5.41) is 3.43. The van der Waals surface area contributed by atoms with Crippen molar-refractivity contribution in [1.29, 1.82) is 0 Å². The van der Waals surface area contributed by atoms with Crippen LogP contribution < -0.4 is 5.32 Å². The van der Waals surface area contributed by atoms with Gasteiger partial charge in [-0.15, -0.1) is 0 Å². The molecule has 68 valence electrons. The van der Waals surface area contributed by atoms with Gasteiger partial charge >= 0.3 is 0 Å². The molecule has 1 amide bonds. The molecule has 1 heterocycles. The van der Waals surface area contributed by atoms with Crippen molar-refractivity contribution in [3.05, 3.63) is 28.3 Å². The molecular weight excluding hydrogens is 186 g/mol. The van der Waals surface area contributed by atoms with Crippen molar-refractivity contribution >= 4 is 23.2 Å². The van der Waals surface area contributed by atoms with E-state index in [2.05, 4.69) is 11.4 Å². The van der Waals surface area contributed by atoms with Crippen LogP contribution in [-0.2, 0) is 11.2 Å². The number of benzene rings is 1. The Morgan fingerprint density at radius 1 is 1.38 bits per heavy atom. The second-order valence-electron chi connectivity index (χ2n) is 3.33. The lowest BCUT2D eigenvalue weighted by molar-refractivity contribution is -0.116. The van der Waals surface area contributed by atoms with Crippen molar-refractivity contribution in [3.8, 4) is 0 Å². The van der Waals surface area contributed by atoms with Gasteiger partial charge in [-0.3, -0.25) is 4.79 Å². The number of hydrogen-bond donors (Lipinski definition) is 1. The van der Waals surface area contributed by atoms with Crippen LogP contribution in [0.15, 0.2) is 12.1 Å². The molecule has 1 aromatic carbocycles. The minimum Gasteiger partial charge on any atom is -0.325 e. The highest BCUT2D eigenvalue weighted by Crippen LogP contribution is 2.31. The number of amides is 1. The average molecular weight is 196 g/mol. The zero-order valence-corrected chi connectivity index (χ0v) is 8.11. The van der Waals surface area contributed by atoms with Gasteiger partial charge in [0.05, 0.1) is 10.7 Å². The highest BCUT2D eigenvalue weighted by molar-refractivity contribution is 6.34. The number of aryl methyl sites for hydroxylation is 2. The van der Waals surface area contributed by atoms with E-state index < -0.39 is 0 Å². The molecule has 0 fully saturated rings. The van der Waals surface area contributed by atoms with E-state index in [1.54, 1.807) is 0 Å². The third kappa shape index (κ3) is 1.54. The first kappa shape index (κ1) is 8.57. The van der Waals surface area contributed by atoms with Crippen molar-refractivity contribution in [3.63, 3.8) is 0 Å². The van der Waals surface area contributed by atoms with Crippen LogP contribution >= 0.6 is 11.6 Å². The highest BCUT2D eigenvalue weighted by Gasteiger charge is 2.17. The van der Waals surface area contributed by atoms with Crippen LogP contribution in [0.25, 0.3) is 0 Å². The number of anilines is 1. The highest BCUT2D eigenvalue weighted by atomic mass is 35.5. The van der Waals surface area contributed by atoms with Gasteiger partial charge in [-0.25, -0.2) is 0 Å². The molecule has 0 bridgehead atoms. The first-order valence-electron chi connectivity index (χ1n) is 4.25. The second-order valence-corrected chi connectivity index (χ2v) is 3.74. The van der Waals surface area contributed by atoms with Gasteiger partial charge in [0.15, 0.2) is 0 Å². The van der Waals surface area contributed by atoms with Crippen LogP contribution in [0.5, 0.6) is 0 Å². The van der Waals surface area contributed by atoms with Crippen molar-refractivity contribution in [2.24, 2.45) is 0 Å². The number of carbonyl (C=O) groups excluding carboxylic acids is 1. The molecule has 1 N–H and O–H groups in total. The maximum Gasteiger partial charge on any atom is 0.224 e. The van der Waals surface area contributed by atoms with E-state index in [4.69, 9.17) is 11.6 Å². The van der Waals surface area contributed by atoms with Crippen molar-refractivity contribution in [2.45, 2.75) is 19.8 Å². The Hall–Kier alpha value is -1.02. The minimum atomic E-state index is 0.0539. The Bertz CT molecular complexity index is 373. The molecule has 13 heavy (non-hydrogen) atoms. The lowest BCUT2D eigenvalue weighted by atomic mass is 10.0. The molecule has 1 aromatic rings. The van der Waals surface area contributed by atoms with Gasteiger partial charge < -0.3 is 5.32 Å². The van der Waals surface area contributed by atoms with Gasteiger partial charge in [0.25, 0.3) is 0 Å². The van der Waals surface area contributed by atoms with Crippen molar-refractivity contribution in [1.82, 2.24) is 0 Å². The van der Waals surface area contributed by atoms with Gasteiger partial charge in [0, 0.05) is 6.42 Å². The molecule has 0 aliphatic carbocycles. The Morgan fingerprint density at radius 2 is 2.15 bits per heavy atom. The van der Waals surface area contributed by atoms with E-state index in [1.165, 1.54) is 0 Å². The predicted molar refractivity (Wildman–Crippen MR) is 53.1 cm³/mol. The minimum absolute atomic E-state index is 0.0539. The van der Waals surface area contributed by atoms with Crippen LogP contribution in [0.3, 0.4) is 0 Å². The fourth-order valence-corrected chi connectivity index (χ4v) is 1.94. The predicted octanol–water partition coefficient (Wildman–Crippen LogP) is 2.53. The smallest absolute Gasteiger partial charge is 0.224 e. The van der Waals surface area contributed by atoms with E-state index in [9.17, 15) is 4.79 Å². The van der Waals surface area contributed by atoms with E-state index in [1.807, 2.05) is 13.0 Å². The number of hydrogen-bond acceptors (Lipinski definition) is 1. The van der Waals surface area contributed by atoms with E-state index in [-0.39, 0.29) is 5.91 Å². The summed E-state index contributed by atoms with van der Waals surface area (Å²) in [4.78, 5) is 11.1. The van der Waals surface area contributed by atoms with Gasteiger partial charge in [-0.1, -0.05) is 17.7 Å². The zero-order valence-electron chi connectivity index (χ0n) is 7.36. The van der Waals surface area contributed by atoms with Crippen molar-refractivity contribution in [2.75, 3.05) is 5.32 Å². The van der Waals surface area contributed by atoms with E-state index in [0.29, 0.717) is 11.4 Å². The normalized spacial score (nSPS) is 15.1. The molecule has 0 radical (unpaired) electrons. The largest absolute Gasteiger partial charge is 0.325 e. The van der Waals surface area contributed by atoms with Crippen molar-refractivity contribution < 1.29 is 4.79 Å². The topological polar surface area (TPSA) is 29.1 Å². The zero-order chi connectivity index (χ0) is 9.42. The molecule has 0 aromatic heterocycles. The number of nitrogens with one attached hydrogen (secondary N) is 1. The summed E-state index contributed by atoms with van der Waals surface area (Å²) in [5.74, 6) is 0.0539. The van der Waals surface area contributed by atoms with E-state index >= 15 is 0 Å². The number of fused-ring (bicyclic) bond motifs is 1. The number of carbonyl (C=O) groups is 1. The lowest BCUT2D eigenvalue weighted by Crippen LogP contribution is -2.19. The molecule has 3 heteroatoms. The summed E-state index contributed by atoms with van der Waals surface area (Å²) in [6.07, 6.45) is 1.36. The molecule has 1 aliphatic heterocycles. The fraction of sp³-hybridized carbons (Fsp3) is 0.300. The molecule has 2 nitrogen and oxygen atoms in total. The Kier molecular flexibility index (Phi) is 2.00. The maximum atomic E-state index is 11.1. The third-order valence-corrected chi connectivity index (χ3v) is 2.50. The summed E-state index contributed by atoms with van der Waals surface area (Å²) in [6.45, 7) is 2.00. The van der Waals surface area contributed by atoms with Gasteiger partial charge in [-0.2, -0.15) is 0 Å². The summed E-state index contributed by atoms with van der Waals surface area (Å²) < 4.78 is 0. The monoisotopic (exact) mass is 195 g/mol. The Morgan fingerprint density at radius 3 is 2.92 bits per heavy atom. The lowest BCUT2D eigenvalue weighted by Gasteiger charge is -2.18. The van der Waals surface area contributed by atoms with Crippen LogP contribution in [0.4, 0.5) is 5.69 Å². The van der Waals surface area contributed by atoms with Gasteiger partial charge in [0.2, 0.25) is 5.91 Å². The second kappa shape index (κ2) is 3.04. The summed E-state index contributed by atoms with van der Waals surface area (Å²) in [7, 11) is 0. The van der Waals surface area contributed by atoms with Gasteiger partial charge in [0.1, 0.15) is 0 Å². The molecule has 0 unspecified atom stereocenters.